The average molecular weight is 202 g/mol. The first-order valence-electron chi connectivity index (χ1n) is 4.27. The third-order valence-electron chi connectivity index (χ3n) is 1.79. The van der Waals surface area contributed by atoms with Gasteiger partial charge in [0.05, 0.1) is 19.0 Å². The normalized spacial score (nSPS) is 17.1. The van der Waals surface area contributed by atoms with E-state index in [2.05, 4.69) is 0 Å². The number of thioether (sulfide) groups is 1. The first-order chi connectivity index (χ1) is 6.34. The second-order valence-electron chi connectivity index (χ2n) is 2.71. The Hall–Kier alpha value is -0.550. The van der Waals surface area contributed by atoms with Gasteiger partial charge in [0.2, 0.25) is 5.91 Å². The summed E-state index contributed by atoms with van der Waals surface area (Å²) in [5, 5.41) is 6.80. The maximum Gasteiger partial charge on any atom is 0.232 e. The number of rotatable bonds is 4. The number of hydrogen-bond acceptors (Lipinski definition) is 4. The predicted octanol–water partition coefficient (Wildman–Crippen LogP) is 0.228. The number of carbonyl (C=O) groups excluding carboxylic acids is 1. The van der Waals surface area contributed by atoms with Gasteiger partial charge in [0.1, 0.15) is 0 Å². The SMILES string of the molecule is N=CCSCC(=O)N1CCOCC1. The van der Waals surface area contributed by atoms with Gasteiger partial charge in [0, 0.05) is 25.1 Å². The molecule has 0 aliphatic carbocycles. The highest BCUT2D eigenvalue weighted by Crippen LogP contribution is 2.03. The molecule has 0 atom stereocenters. The minimum atomic E-state index is 0.162. The fourth-order valence-corrected chi connectivity index (χ4v) is 1.70. The van der Waals surface area contributed by atoms with Gasteiger partial charge < -0.3 is 15.0 Å². The zero-order valence-electron chi connectivity index (χ0n) is 7.49. The van der Waals surface area contributed by atoms with E-state index < -0.39 is 0 Å². The van der Waals surface area contributed by atoms with Crippen molar-refractivity contribution in [3.05, 3.63) is 0 Å². The van der Waals surface area contributed by atoms with Crippen LogP contribution in [0.4, 0.5) is 0 Å². The molecule has 1 fully saturated rings. The van der Waals surface area contributed by atoms with Gasteiger partial charge in [0.25, 0.3) is 0 Å². The summed E-state index contributed by atoms with van der Waals surface area (Å²) in [6, 6.07) is 0. The monoisotopic (exact) mass is 202 g/mol. The molecule has 1 aliphatic heterocycles. The van der Waals surface area contributed by atoms with Crippen molar-refractivity contribution in [1.82, 2.24) is 4.90 Å². The highest BCUT2D eigenvalue weighted by Gasteiger charge is 2.15. The summed E-state index contributed by atoms with van der Waals surface area (Å²) in [5.41, 5.74) is 0. The van der Waals surface area contributed by atoms with Crippen LogP contribution in [-0.2, 0) is 9.53 Å². The van der Waals surface area contributed by atoms with Crippen molar-refractivity contribution in [2.24, 2.45) is 0 Å². The molecule has 1 heterocycles. The second kappa shape index (κ2) is 5.99. The molecule has 5 heteroatoms. The van der Waals surface area contributed by atoms with Crippen molar-refractivity contribution in [1.29, 1.82) is 5.41 Å². The lowest BCUT2D eigenvalue weighted by Gasteiger charge is -2.26. The van der Waals surface area contributed by atoms with Gasteiger partial charge in [-0.05, 0) is 0 Å². The van der Waals surface area contributed by atoms with Crippen LogP contribution < -0.4 is 0 Å². The van der Waals surface area contributed by atoms with Crippen molar-refractivity contribution in [3.8, 4) is 0 Å². The van der Waals surface area contributed by atoms with E-state index in [1.807, 2.05) is 4.90 Å². The standard InChI is InChI=1S/C8H14N2O2S/c9-1-6-13-7-8(11)10-2-4-12-5-3-10/h1,9H,2-7H2. The number of nitrogens with zero attached hydrogens (tertiary/aromatic N) is 1. The molecule has 1 amide bonds. The number of morpholine rings is 1. The summed E-state index contributed by atoms with van der Waals surface area (Å²) in [4.78, 5) is 13.3. The van der Waals surface area contributed by atoms with Crippen LogP contribution in [0.3, 0.4) is 0 Å². The Morgan fingerprint density at radius 2 is 2.23 bits per heavy atom. The summed E-state index contributed by atoms with van der Waals surface area (Å²) >= 11 is 1.48. The smallest absolute Gasteiger partial charge is 0.232 e. The maximum absolute atomic E-state index is 11.4. The largest absolute Gasteiger partial charge is 0.378 e. The fourth-order valence-electron chi connectivity index (χ4n) is 1.11. The average Bonchev–Trinajstić information content (AvgIpc) is 2.19. The summed E-state index contributed by atoms with van der Waals surface area (Å²) in [6.45, 7) is 2.73. The quantitative estimate of drug-likeness (QED) is 0.524. The Morgan fingerprint density at radius 3 is 2.85 bits per heavy atom. The second-order valence-corrected chi connectivity index (χ2v) is 3.74. The molecular weight excluding hydrogens is 188 g/mol. The Morgan fingerprint density at radius 1 is 1.54 bits per heavy atom. The van der Waals surface area contributed by atoms with Gasteiger partial charge in [0.15, 0.2) is 0 Å². The summed E-state index contributed by atoms with van der Waals surface area (Å²) in [7, 11) is 0. The molecule has 13 heavy (non-hydrogen) atoms. The van der Waals surface area contributed by atoms with E-state index in [1.165, 1.54) is 18.0 Å². The Labute approximate surface area is 82.1 Å². The minimum absolute atomic E-state index is 0.162. The van der Waals surface area contributed by atoms with Crippen LogP contribution in [0.25, 0.3) is 0 Å². The zero-order chi connectivity index (χ0) is 9.52. The third-order valence-corrected chi connectivity index (χ3v) is 2.64. The highest BCUT2D eigenvalue weighted by molar-refractivity contribution is 8.00. The van der Waals surface area contributed by atoms with Crippen molar-refractivity contribution < 1.29 is 9.53 Å². The van der Waals surface area contributed by atoms with Crippen LogP contribution in [0.1, 0.15) is 0 Å². The van der Waals surface area contributed by atoms with Gasteiger partial charge in [-0.15, -0.1) is 11.8 Å². The molecule has 0 spiro atoms. The van der Waals surface area contributed by atoms with Crippen LogP contribution in [0.5, 0.6) is 0 Å². The molecule has 1 saturated heterocycles. The number of nitrogens with one attached hydrogen (secondary N) is 1. The molecule has 0 aromatic rings. The van der Waals surface area contributed by atoms with Crippen molar-refractivity contribution in [2.75, 3.05) is 37.8 Å². The first-order valence-corrected chi connectivity index (χ1v) is 5.42. The van der Waals surface area contributed by atoms with Crippen LogP contribution in [0.15, 0.2) is 0 Å². The van der Waals surface area contributed by atoms with Crippen molar-refractivity contribution in [3.63, 3.8) is 0 Å². The molecule has 0 bridgehead atoms. The zero-order valence-corrected chi connectivity index (χ0v) is 8.31. The summed E-state index contributed by atoms with van der Waals surface area (Å²) < 4.78 is 5.14. The van der Waals surface area contributed by atoms with Crippen LogP contribution in [0.2, 0.25) is 0 Å². The predicted molar refractivity (Wildman–Crippen MR) is 53.5 cm³/mol. The molecular formula is C8H14N2O2S. The molecule has 4 nitrogen and oxygen atoms in total. The lowest BCUT2D eigenvalue weighted by molar-refractivity contribution is -0.132. The summed E-state index contributed by atoms with van der Waals surface area (Å²) in [5.74, 6) is 1.26. The number of ether oxygens (including phenoxy) is 1. The van der Waals surface area contributed by atoms with E-state index in [0.717, 1.165) is 0 Å². The molecule has 0 unspecified atom stereocenters. The van der Waals surface area contributed by atoms with Gasteiger partial charge in [-0.1, -0.05) is 0 Å². The van der Waals surface area contributed by atoms with Crippen LogP contribution >= 0.6 is 11.8 Å². The number of carbonyl (C=O) groups is 1. The maximum atomic E-state index is 11.4. The molecule has 1 aliphatic rings. The lowest BCUT2D eigenvalue weighted by atomic mass is 10.4. The van der Waals surface area contributed by atoms with E-state index in [4.69, 9.17) is 10.1 Å². The fraction of sp³-hybridized carbons (Fsp3) is 0.750. The van der Waals surface area contributed by atoms with Gasteiger partial charge in [-0.3, -0.25) is 4.79 Å². The van der Waals surface area contributed by atoms with E-state index in [9.17, 15) is 4.79 Å². The Kier molecular flexibility index (Phi) is 4.85. The molecule has 0 saturated carbocycles. The highest BCUT2D eigenvalue weighted by atomic mass is 32.2. The van der Waals surface area contributed by atoms with E-state index >= 15 is 0 Å². The topological polar surface area (TPSA) is 53.4 Å². The summed E-state index contributed by atoms with van der Waals surface area (Å²) in [6.07, 6.45) is 1.32. The van der Waals surface area contributed by atoms with Gasteiger partial charge in [-0.25, -0.2) is 0 Å². The lowest BCUT2D eigenvalue weighted by Crippen LogP contribution is -2.41. The molecule has 0 radical (unpaired) electrons. The Bertz CT molecular complexity index is 181. The molecule has 0 aromatic heterocycles. The van der Waals surface area contributed by atoms with Gasteiger partial charge in [-0.2, -0.15) is 0 Å². The molecule has 74 valence electrons. The number of hydrogen-bond donors (Lipinski definition) is 1. The number of amides is 1. The van der Waals surface area contributed by atoms with Crippen molar-refractivity contribution >= 4 is 23.9 Å². The third kappa shape index (κ3) is 3.78. The molecule has 1 N–H and O–H groups in total. The van der Waals surface area contributed by atoms with E-state index in [1.54, 1.807) is 0 Å². The van der Waals surface area contributed by atoms with E-state index in [0.29, 0.717) is 37.8 Å². The van der Waals surface area contributed by atoms with Crippen molar-refractivity contribution in [2.45, 2.75) is 0 Å². The van der Waals surface area contributed by atoms with E-state index in [-0.39, 0.29) is 5.91 Å². The van der Waals surface area contributed by atoms with Crippen LogP contribution in [0, 0.1) is 5.41 Å². The molecule has 0 aromatic carbocycles. The minimum Gasteiger partial charge on any atom is -0.378 e. The first kappa shape index (κ1) is 10.5. The van der Waals surface area contributed by atoms with Gasteiger partial charge >= 0.3 is 0 Å². The van der Waals surface area contributed by atoms with Crippen LogP contribution in [-0.4, -0.2) is 54.8 Å². The molecule has 1 rings (SSSR count). The Balaban J connectivity index is 2.17.